The van der Waals surface area contributed by atoms with E-state index in [1.54, 1.807) is 93.1 Å². The van der Waals surface area contributed by atoms with Gasteiger partial charge in [-0.1, -0.05) is 64.5 Å². The zero-order valence-corrected chi connectivity index (χ0v) is 53.6. The van der Waals surface area contributed by atoms with E-state index in [2.05, 4.69) is 15.9 Å². The van der Waals surface area contributed by atoms with E-state index in [1.165, 1.54) is 30.3 Å². The lowest BCUT2D eigenvalue weighted by Gasteiger charge is -2.32. The van der Waals surface area contributed by atoms with Crippen molar-refractivity contribution in [2.24, 2.45) is 0 Å². The van der Waals surface area contributed by atoms with Crippen LogP contribution in [0.1, 0.15) is 128 Å². The summed E-state index contributed by atoms with van der Waals surface area (Å²) in [5.74, 6) is -1.08. The SMILES string of the molecule is CC(C)(O)c1cn(-c2ccc(-c3cc(F)c(CO)c(S(C)(=O)=O)c3)cc2)c(C(C)(C)c2ccccc2F)n1.CC(C)(O)c1cn(-c2ccc(Br)cc2)c(C(C)(C)c2ccccc2F)n1.CC1(C)OB(c2cc(F)c(CO)c(S(C)(=O)=O)c2)OC1(C)C. The average molecular weight is 1290 g/mol. The number of hydrogen-bond donors (Lipinski definition) is 4. The fourth-order valence-electron chi connectivity index (χ4n) is 9.71. The minimum atomic E-state index is -3.78. The lowest BCUT2D eigenvalue weighted by Crippen LogP contribution is -2.41. The Kier molecular flexibility index (Phi) is 19.3. The second kappa shape index (κ2) is 24.7. The van der Waals surface area contributed by atoms with Crippen molar-refractivity contribution in [2.75, 3.05) is 12.5 Å². The van der Waals surface area contributed by atoms with Crippen LogP contribution in [-0.2, 0) is 64.2 Å². The molecule has 0 saturated carbocycles. The van der Waals surface area contributed by atoms with Gasteiger partial charge in [0.15, 0.2) is 19.7 Å². The first-order valence-electron chi connectivity index (χ1n) is 27.3. The zero-order valence-electron chi connectivity index (χ0n) is 50.4. The highest BCUT2D eigenvalue weighted by molar-refractivity contribution is 9.10. The van der Waals surface area contributed by atoms with Crippen LogP contribution in [0.2, 0.25) is 0 Å². The molecule has 0 bridgehead atoms. The number of sulfone groups is 2. The van der Waals surface area contributed by atoms with Crippen molar-refractivity contribution in [3.05, 3.63) is 207 Å². The molecule has 0 aliphatic carbocycles. The standard InChI is InChI=1S/C29H30F2N2O4S.C21H22BrFN2O.C14H20BFO5S/c1-28(2,22-8-6-7-9-23(22)30)27-32-26(29(3,4)35)16-33(27)20-12-10-18(11-13-20)19-14-24(31)21(17-34)25(15-19)38(5,36)37;1-20(2,16-7-5-6-8-17(16)23)19-24-18(21(3,4)26)13-25(19)15-11-9-14(22)10-12-15;1-13(2)14(3,4)21-15(20-13)9-6-11(16)10(8-17)12(7-9)22(5,18)19/h6-16,34-35H,17H2,1-5H3;5-13,26H,1-4H3;6-7,17H,8H2,1-5H3. The van der Waals surface area contributed by atoms with Crippen LogP contribution in [0, 0.1) is 23.3 Å². The molecule has 1 saturated heterocycles. The van der Waals surface area contributed by atoms with Gasteiger partial charge in [0.05, 0.1) is 56.4 Å². The van der Waals surface area contributed by atoms with Crippen molar-refractivity contribution >= 4 is 48.2 Å². The van der Waals surface area contributed by atoms with Gasteiger partial charge in [-0.2, -0.15) is 0 Å². The summed E-state index contributed by atoms with van der Waals surface area (Å²) >= 11 is 3.44. The highest BCUT2D eigenvalue weighted by Crippen LogP contribution is 2.40. The average Bonchev–Trinajstić information content (AvgIpc) is 1.71. The van der Waals surface area contributed by atoms with Crippen LogP contribution in [0.25, 0.3) is 22.5 Å². The van der Waals surface area contributed by atoms with Gasteiger partial charge in [-0.3, -0.25) is 0 Å². The van der Waals surface area contributed by atoms with Gasteiger partial charge < -0.3 is 38.9 Å². The number of imidazole rings is 2. The molecule has 1 aliphatic heterocycles. The van der Waals surface area contributed by atoms with Crippen LogP contribution in [-0.4, -0.2) is 87.2 Å². The van der Waals surface area contributed by atoms with Gasteiger partial charge in [-0.05, 0) is 172 Å². The van der Waals surface area contributed by atoms with E-state index in [9.17, 15) is 54.8 Å². The van der Waals surface area contributed by atoms with Gasteiger partial charge in [0.1, 0.15) is 46.1 Å². The number of halogens is 5. The molecule has 1 fully saturated rings. The van der Waals surface area contributed by atoms with Crippen molar-refractivity contribution in [1.29, 1.82) is 0 Å². The van der Waals surface area contributed by atoms with Crippen LogP contribution in [0.15, 0.2) is 148 Å². The van der Waals surface area contributed by atoms with Crippen molar-refractivity contribution in [3.8, 4) is 22.5 Å². The molecule has 4 N–H and O–H groups in total. The van der Waals surface area contributed by atoms with Crippen molar-refractivity contribution in [3.63, 3.8) is 0 Å². The molecule has 0 amide bonds. The van der Waals surface area contributed by atoms with E-state index in [4.69, 9.17) is 19.3 Å². The molecule has 8 aromatic rings. The Labute approximate surface area is 509 Å². The zero-order chi connectivity index (χ0) is 64.1. The summed E-state index contributed by atoms with van der Waals surface area (Å²) in [4.78, 5) is 8.89. The molecule has 14 nitrogen and oxygen atoms in total. The molecule has 1 aliphatic rings. The lowest BCUT2D eigenvalue weighted by molar-refractivity contribution is 0.00578. The Balaban J connectivity index is 0.000000193. The monoisotopic (exact) mass is 1290 g/mol. The molecule has 458 valence electrons. The van der Waals surface area contributed by atoms with Gasteiger partial charge in [-0.25, -0.2) is 44.4 Å². The lowest BCUT2D eigenvalue weighted by atomic mass is 9.78. The summed E-state index contributed by atoms with van der Waals surface area (Å²) < 4.78 is 122. The Hall–Kier alpha value is -6.34. The predicted octanol–water partition coefficient (Wildman–Crippen LogP) is 11.6. The number of aromatic nitrogens is 4. The minimum absolute atomic E-state index is 0.247. The molecule has 22 heteroatoms. The molecule has 3 heterocycles. The van der Waals surface area contributed by atoms with Crippen LogP contribution in [0.5, 0.6) is 0 Å². The second-order valence-corrected chi connectivity index (χ2v) is 29.2. The molecule has 0 radical (unpaired) electrons. The Morgan fingerprint density at radius 2 is 0.907 bits per heavy atom. The molecule has 0 unspecified atom stereocenters. The Morgan fingerprint density at radius 3 is 1.28 bits per heavy atom. The topological polar surface area (TPSA) is 203 Å². The number of rotatable bonds is 14. The largest absolute Gasteiger partial charge is 0.494 e. The third-order valence-corrected chi connectivity index (χ3v) is 18.3. The number of aliphatic hydroxyl groups is 4. The highest BCUT2D eigenvalue weighted by Gasteiger charge is 2.52. The molecular formula is C64H72BBrF4N4O10S2. The summed E-state index contributed by atoms with van der Waals surface area (Å²) in [6, 6.07) is 32.9. The van der Waals surface area contributed by atoms with Crippen molar-refractivity contribution in [2.45, 2.75) is 139 Å². The predicted molar refractivity (Wildman–Crippen MR) is 328 cm³/mol. The van der Waals surface area contributed by atoms with E-state index in [0.29, 0.717) is 51.0 Å². The molecule has 2 aromatic heterocycles. The number of nitrogens with zero attached hydrogens (tertiary/aromatic N) is 4. The van der Waals surface area contributed by atoms with Gasteiger partial charge in [0.25, 0.3) is 0 Å². The van der Waals surface area contributed by atoms with Crippen molar-refractivity contribution < 1.29 is 64.1 Å². The van der Waals surface area contributed by atoms with Gasteiger partial charge in [-0.15, -0.1) is 0 Å². The first kappa shape index (κ1) is 67.2. The number of hydrogen-bond acceptors (Lipinski definition) is 12. The van der Waals surface area contributed by atoms with E-state index in [1.807, 2.05) is 96.5 Å². The smallest absolute Gasteiger partial charge is 0.399 e. The minimum Gasteiger partial charge on any atom is -0.399 e. The van der Waals surface area contributed by atoms with Gasteiger partial charge in [0, 0.05) is 63.0 Å². The number of aliphatic hydroxyl groups excluding tert-OH is 2. The Morgan fingerprint density at radius 1 is 0.535 bits per heavy atom. The number of benzene rings is 6. The fraction of sp³-hybridized carbons (Fsp3) is 0.344. The first-order chi connectivity index (χ1) is 39.6. The molecular weight excluding hydrogens is 1220 g/mol. The summed E-state index contributed by atoms with van der Waals surface area (Å²) in [6.07, 6.45) is 5.45. The summed E-state index contributed by atoms with van der Waals surface area (Å²) in [5, 5.41) is 39.8. The molecule has 9 rings (SSSR count). The third-order valence-electron chi connectivity index (χ3n) is 15.4. The van der Waals surface area contributed by atoms with Crippen LogP contribution >= 0.6 is 15.9 Å². The fourth-order valence-corrected chi connectivity index (χ4v) is 11.9. The maximum atomic E-state index is 14.8. The summed E-state index contributed by atoms with van der Waals surface area (Å²) in [7, 11) is -8.34. The quantitative estimate of drug-likeness (QED) is 0.0593. The maximum absolute atomic E-state index is 14.8. The van der Waals surface area contributed by atoms with Crippen LogP contribution < -0.4 is 5.46 Å². The molecule has 86 heavy (non-hydrogen) atoms. The van der Waals surface area contributed by atoms with E-state index in [0.717, 1.165) is 28.7 Å². The van der Waals surface area contributed by atoms with E-state index < -0.39 is 84.9 Å². The molecule has 6 aromatic carbocycles. The first-order valence-corrected chi connectivity index (χ1v) is 31.9. The van der Waals surface area contributed by atoms with Gasteiger partial charge >= 0.3 is 7.12 Å². The Bertz CT molecular complexity index is 4010. The second-order valence-electron chi connectivity index (χ2n) is 24.4. The normalized spacial score (nSPS) is 14.6. The van der Waals surface area contributed by atoms with E-state index >= 15 is 0 Å². The summed E-state index contributed by atoms with van der Waals surface area (Å²) in [6.45, 7) is 20.2. The third kappa shape index (κ3) is 14.3. The van der Waals surface area contributed by atoms with Crippen LogP contribution in [0.3, 0.4) is 0 Å². The maximum Gasteiger partial charge on any atom is 0.494 e. The van der Waals surface area contributed by atoms with Crippen molar-refractivity contribution in [1.82, 2.24) is 19.1 Å². The summed E-state index contributed by atoms with van der Waals surface area (Å²) in [5.41, 5.74) is -0.997. The molecule has 0 atom stereocenters. The van der Waals surface area contributed by atoms with Crippen LogP contribution in [0.4, 0.5) is 17.6 Å². The highest BCUT2D eigenvalue weighted by atomic mass is 79.9. The van der Waals surface area contributed by atoms with E-state index in [-0.39, 0.29) is 38.0 Å². The molecule has 0 spiro atoms. The van der Waals surface area contributed by atoms with Gasteiger partial charge in [0.2, 0.25) is 0 Å².